The number of piperidine rings is 2. The van der Waals surface area contributed by atoms with Crippen LogP contribution in [0.1, 0.15) is 63.7 Å². The molecule has 1 aromatic carbocycles. The Morgan fingerprint density at radius 1 is 1.13 bits per heavy atom. The van der Waals surface area contributed by atoms with Crippen molar-refractivity contribution in [3.05, 3.63) is 29.8 Å². The zero-order chi connectivity index (χ0) is 27.9. The van der Waals surface area contributed by atoms with Gasteiger partial charge < -0.3 is 15.0 Å². The zero-order valence-corrected chi connectivity index (χ0v) is 23.9. The maximum absolute atomic E-state index is 13.8. The number of imide groups is 1. The quantitative estimate of drug-likeness (QED) is 0.583. The number of fused-ring (bicyclic) bond motifs is 1. The summed E-state index contributed by atoms with van der Waals surface area (Å²) in [5.41, 5.74) is -1.23. The van der Waals surface area contributed by atoms with Gasteiger partial charge in [-0.25, -0.2) is 14.5 Å². The molecule has 210 valence electrons. The third kappa shape index (κ3) is 5.09. The summed E-state index contributed by atoms with van der Waals surface area (Å²) >= 11 is 1.40. The van der Waals surface area contributed by atoms with Gasteiger partial charge in [-0.15, -0.1) is 11.3 Å². The van der Waals surface area contributed by atoms with E-state index in [0.29, 0.717) is 43.2 Å². The molecular formula is C28H37N5O5S. The number of carbonyl (C=O) groups is 4. The van der Waals surface area contributed by atoms with E-state index in [1.165, 1.54) is 16.2 Å². The summed E-state index contributed by atoms with van der Waals surface area (Å²) < 4.78 is 6.71. The summed E-state index contributed by atoms with van der Waals surface area (Å²) in [6, 6.07) is 7.56. The highest BCUT2D eigenvalue weighted by molar-refractivity contribution is 7.23. The predicted molar refractivity (Wildman–Crippen MR) is 150 cm³/mol. The second-order valence-corrected chi connectivity index (χ2v) is 12.6. The molecule has 1 unspecified atom stereocenters. The number of likely N-dealkylation sites (tertiary alicyclic amines) is 2. The Morgan fingerprint density at radius 2 is 1.85 bits per heavy atom. The van der Waals surface area contributed by atoms with Crippen molar-refractivity contribution in [2.24, 2.45) is 0 Å². The number of benzene rings is 1. The van der Waals surface area contributed by atoms with Crippen molar-refractivity contribution in [3.63, 3.8) is 0 Å². The molecule has 0 saturated carbocycles. The number of thiophene rings is 1. The molecule has 39 heavy (non-hydrogen) atoms. The highest BCUT2D eigenvalue weighted by Gasteiger charge is 2.58. The van der Waals surface area contributed by atoms with Crippen molar-refractivity contribution >= 4 is 50.4 Å². The van der Waals surface area contributed by atoms with Crippen LogP contribution in [0.3, 0.4) is 0 Å². The van der Waals surface area contributed by atoms with Gasteiger partial charge in [-0.3, -0.25) is 19.8 Å². The Bertz CT molecular complexity index is 1290. The summed E-state index contributed by atoms with van der Waals surface area (Å²) in [7, 11) is 0. The maximum atomic E-state index is 13.8. The first-order chi connectivity index (χ1) is 18.5. The van der Waals surface area contributed by atoms with Gasteiger partial charge in [0.05, 0.1) is 5.56 Å². The van der Waals surface area contributed by atoms with Gasteiger partial charge in [-0.1, -0.05) is 18.2 Å². The molecule has 0 radical (unpaired) electrons. The number of hydrogen-bond donors (Lipinski definition) is 2. The number of hydrogen-bond acceptors (Lipinski definition) is 7. The Hall–Kier alpha value is -3.18. The Morgan fingerprint density at radius 3 is 2.51 bits per heavy atom. The molecule has 2 N–H and O–H groups in total. The molecule has 10 nitrogen and oxygen atoms in total. The van der Waals surface area contributed by atoms with Crippen LogP contribution in [0.4, 0.5) is 14.6 Å². The number of anilines is 1. The zero-order valence-electron chi connectivity index (χ0n) is 23.0. The van der Waals surface area contributed by atoms with Gasteiger partial charge in [-0.05, 0) is 66.0 Å². The van der Waals surface area contributed by atoms with Crippen molar-refractivity contribution in [2.75, 3.05) is 38.0 Å². The van der Waals surface area contributed by atoms with Crippen molar-refractivity contribution < 1.29 is 23.9 Å². The molecule has 4 heterocycles. The van der Waals surface area contributed by atoms with E-state index in [0.717, 1.165) is 35.9 Å². The molecule has 0 aliphatic carbocycles. The summed E-state index contributed by atoms with van der Waals surface area (Å²) in [6.07, 6.45) is 2.26. The molecule has 1 spiro atoms. The highest BCUT2D eigenvalue weighted by Crippen LogP contribution is 2.39. The molecule has 5 rings (SSSR count). The van der Waals surface area contributed by atoms with E-state index >= 15 is 0 Å². The molecule has 0 bridgehead atoms. The SMILES string of the molecule is CCNC(=O)Nc1sc2ccccc2c1C(=O)N1CCC(N2CCCC3(C2)OC(=O)N(C(C)(C)C)C3=O)CC1. The van der Waals surface area contributed by atoms with Gasteiger partial charge in [0.2, 0.25) is 5.60 Å². The normalized spacial score (nSPS) is 23.0. The van der Waals surface area contributed by atoms with Crippen molar-refractivity contribution in [2.45, 2.75) is 70.6 Å². The van der Waals surface area contributed by atoms with E-state index in [-0.39, 0.29) is 23.9 Å². The predicted octanol–water partition coefficient (Wildman–Crippen LogP) is 4.26. The lowest BCUT2D eigenvalue weighted by Crippen LogP contribution is -2.59. The lowest BCUT2D eigenvalue weighted by atomic mass is 9.88. The van der Waals surface area contributed by atoms with Crippen molar-refractivity contribution in [1.82, 2.24) is 20.0 Å². The average molecular weight is 556 g/mol. The number of ether oxygens (including phenoxy) is 1. The summed E-state index contributed by atoms with van der Waals surface area (Å²) in [5.74, 6) is -0.331. The fourth-order valence-electron chi connectivity index (χ4n) is 5.99. The molecule has 3 aliphatic heterocycles. The number of nitrogens with one attached hydrogen (secondary N) is 2. The van der Waals surface area contributed by atoms with E-state index in [1.807, 2.05) is 56.9 Å². The number of nitrogens with zero attached hydrogens (tertiary/aromatic N) is 3. The third-order valence-corrected chi connectivity index (χ3v) is 8.94. The molecule has 2 aromatic rings. The molecule has 11 heteroatoms. The third-order valence-electron chi connectivity index (χ3n) is 7.86. The van der Waals surface area contributed by atoms with Crippen LogP contribution in [0.25, 0.3) is 10.1 Å². The summed E-state index contributed by atoms with van der Waals surface area (Å²) in [4.78, 5) is 57.4. The van der Waals surface area contributed by atoms with Gasteiger partial charge in [0.25, 0.3) is 11.8 Å². The minimum atomic E-state index is -1.12. The van der Waals surface area contributed by atoms with E-state index in [9.17, 15) is 19.2 Å². The first kappa shape index (κ1) is 27.4. The van der Waals surface area contributed by atoms with Crippen LogP contribution in [-0.4, -0.2) is 88.5 Å². The number of carbonyl (C=O) groups excluding carboxylic acids is 4. The van der Waals surface area contributed by atoms with Crippen LogP contribution >= 0.6 is 11.3 Å². The van der Waals surface area contributed by atoms with Gasteiger partial charge in [0.1, 0.15) is 5.00 Å². The molecule has 3 saturated heterocycles. The Balaban J connectivity index is 1.28. The maximum Gasteiger partial charge on any atom is 0.418 e. The van der Waals surface area contributed by atoms with Gasteiger partial charge >= 0.3 is 12.1 Å². The van der Waals surface area contributed by atoms with Gasteiger partial charge in [0.15, 0.2) is 0 Å². The molecule has 1 aromatic heterocycles. The van der Waals surface area contributed by atoms with Gasteiger partial charge in [-0.2, -0.15) is 0 Å². The van der Waals surface area contributed by atoms with Crippen LogP contribution in [0.15, 0.2) is 24.3 Å². The molecular weight excluding hydrogens is 518 g/mol. The highest BCUT2D eigenvalue weighted by atomic mass is 32.1. The van der Waals surface area contributed by atoms with Crippen LogP contribution in [0, 0.1) is 0 Å². The standard InChI is InChI=1S/C28H37N5O5S/c1-5-29-25(36)30-22-21(19-9-6-7-10-20(19)39-22)23(34)31-15-11-18(12-16-31)32-14-8-13-28(17-32)24(35)33(26(37)38-28)27(2,3)4/h6-7,9-10,18H,5,8,11-17H2,1-4H3,(H2,29,30,36). The Kier molecular flexibility index (Phi) is 7.32. The number of rotatable bonds is 4. The van der Waals surface area contributed by atoms with Crippen LogP contribution in [0.5, 0.6) is 0 Å². The second-order valence-electron chi connectivity index (χ2n) is 11.6. The molecule has 3 aliphatic rings. The number of amides is 5. The van der Waals surface area contributed by atoms with Crippen molar-refractivity contribution in [1.29, 1.82) is 0 Å². The molecule has 3 fully saturated rings. The number of urea groups is 1. The smallest absolute Gasteiger partial charge is 0.418 e. The van der Waals surface area contributed by atoms with Crippen molar-refractivity contribution in [3.8, 4) is 0 Å². The first-order valence-corrected chi connectivity index (χ1v) is 14.5. The fraction of sp³-hybridized carbons (Fsp3) is 0.571. The molecule has 5 amide bonds. The molecule has 1 atom stereocenters. The van der Waals surface area contributed by atoms with E-state index in [2.05, 4.69) is 15.5 Å². The largest absolute Gasteiger partial charge is 0.431 e. The van der Waals surface area contributed by atoms with E-state index < -0.39 is 17.2 Å². The minimum absolute atomic E-state index is 0.0893. The van der Waals surface area contributed by atoms with Crippen LogP contribution in [0.2, 0.25) is 0 Å². The lowest BCUT2D eigenvalue weighted by molar-refractivity contribution is -0.144. The average Bonchev–Trinajstić information content (AvgIpc) is 3.36. The lowest BCUT2D eigenvalue weighted by Gasteiger charge is -2.44. The van der Waals surface area contributed by atoms with Crippen LogP contribution in [-0.2, 0) is 9.53 Å². The minimum Gasteiger partial charge on any atom is -0.431 e. The van der Waals surface area contributed by atoms with E-state index in [4.69, 9.17) is 4.74 Å². The topological polar surface area (TPSA) is 111 Å². The first-order valence-electron chi connectivity index (χ1n) is 13.7. The summed E-state index contributed by atoms with van der Waals surface area (Å²) in [6.45, 7) is 10.2. The fourth-order valence-corrected chi connectivity index (χ4v) is 7.08. The van der Waals surface area contributed by atoms with E-state index in [1.54, 1.807) is 0 Å². The monoisotopic (exact) mass is 555 g/mol. The second kappa shape index (κ2) is 10.4. The van der Waals surface area contributed by atoms with Gasteiger partial charge in [0, 0.05) is 47.8 Å². The Labute approximate surface area is 232 Å². The summed E-state index contributed by atoms with van der Waals surface area (Å²) in [5, 5.41) is 6.99. The van der Waals surface area contributed by atoms with Crippen LogP contribution < -0.4 is 10.6 Å².